The molecular weight excluding hydrogens is 875 g/mol. The van der Waals surface area contributed by atoms with E-state index in [4.69, 9.17) is 9.47 Å². The third-order valence-electron chi connectivity index (χ3n) is 17.7. The van der Waals surface area contributed by atoms with Gasteiger partial charge in [-0.25, -0.2) is 9.59 Å². The number of fused-ring (bicyclic) bond motifs is 2. The highest BCUT2D eigenvalue weighted by molar-refractivity contribution is 8.76. The molecule has 1 spiro atoms. The Hall–Kier alpha value is -3.56. The Kier molecular flexibility index (Phi) is 13.4. The molecule has 7 bridgehead atoms. The highest BCUT2D eigenvalue weighted by Crippen LogP contribution is 2.72. The third-order valence-corrected chi connectivity index (χ3v) is 20.0. The normalized spacial score (nSPS) is 36.9. The van der Waals surface area contributed by atoms with Gasteiger partial charge in [0.2, 0.25) is 0 Å². The maximum absolute atomic E-state index is 15.1. The standard InChI is InChI=1S/C52H67N3O9S2/c1-2-51(19-3-4-20-51)26-39-37-12-11-36-35-17-21-52(46(36)45(37)48(60)63-39)40-14-13-34(32-9-7-30(8-10-32)24-31(28-57)6-5-23-56)50(62)66-65-29-54-41-25-33(18-22-53-41)38(44(35)47(52)49(61)64-40)27-55-42(58)15-16-43(55)59/h14-16,18,25-26,30-32,34-36,38,46,50,53-54,56-57,62H,2-13,17,19-24,27-29H2,1H3/b39-26-,40-14-/t30?,31-,32?,34+,35+,36+,38+,46-,50+,52+/m1/s1. The number of cyclic esters (lactones) is 1. The van der Waals surface area contributed by atoms with Crippen molar-refractivity contribution in [2.75, 3.05) is 32.2 Å². The molecule has 5 N–H and O–H groups in total. The molecule has 4 fully saturated rings. The number of rotatable bonds is 11. The minimum Gasteiger partial charge on any atom is -0.427 e. The number of esters is 2. The predicted octanol–water partition coefficient (Wildman–Crippen LogP) is 7.62. The first kappa shape index (κ1) is 46.2. The number of allylic oxidation sites excluding steroid dienone is 5. The van der Waals surface area contributed by atoms with Gasteiger partial charge in [0.05, 0.1) is 22.7 Å². The van der Waals surface area contributed by atoms with Crippen LogP contribution in [0, 0.1) is 58.2 Å². The smallest absolute Gasteiger partial charge is 0.340 e. The summed E-state index contributed by atoms with van der Waals surface area (Å²) in [5, 5.41) is 38.7. The van der Waals surface area contributed by atoms with Crippen molar-refractivity contribution in [3.63, 3.8) is 0 Å². The molecule has 11 rings (SSSR count). The SMILES string of the molecule is CCC1(/C=C2\OC(=O)C3=C2CC[C@H]2[C@@H]4CC[C@@]5(C6=C4[C@@H](CN4C(=O)C=CC4=O)C4=CCNC(=C4)NCSS[C@H](O)[C@H](C4CCC(C[C@H](CO)CCCO)CC4)C/C=C/5OC6=O)[C@@H]32)CCCC1. The third kappa shape index (κ3) is 8.19. The van der Waals surface area contributed by atoms with Crippen molar-refractivity contribution in [2.24, 2.45) is 58.2 Å². The minimum absolute atomic E-state index is 0.000859. The number of hydrogen-bond acceptors (Lipinski definition) is 13. The molecule has 0 aromatic rings. The highest BCUT2D eigenvalue weighted by Gasteiger charge is 2.69. The van der Waals surface area contributed by atoms with Crippen LogP contribution < -0.4 is 10.6 Å². The number of nitrogens with one attached hydrogen (secondary N) is 2. The first-order valence-electron chi connectivity index (χ1n) is 25.0. The summed E-state index contributed by atoms with van der Waals surface area (Å²) in [5.74, 6) is 0.933. The van der Waals surface area contributed by atoms with Crippen LogP contribution >= 0.6 is 21.6 Å². The second kappa shape index (κ2) is 19.1. The quantitative estimate of drug-likeness (QED) is 0.0779. The summed E-state index contributed by atoms with van der Waals surface area (Å²) < 4.78 is 13.0. The molecule has 5 aliphatic heterocycles. The van der Waals surface area contributed by atoms with Gasteiger partial charge in [-0.15, -0.1) is 0 Å². The molecule has 6 aliphatic carbocycles. The van der Waals surface area contributed by atoms with Crippen molar-refractivity contribution in [1.82, 2.24) is 15.5 Å². The van der Waals surface area contributed by atoms with Gasteiger partial charge in [-0.1, -0.05) is 60.3 Å². The zero-order chi connectivity index (χ0) is 45.7. The fraction of sp³-hybridized carbons (Fsp3) is 0.654. The maximum Gasteiger partial charge on any atom is 0.340 e. The summed E-state index contributed by atoms with van der Waals surface area (Å²) in [7, 11) is 3.02. The van der Waals surface area contributed by atoms with Gasteiger partial charge in [-0.2, -0.15) is 0 Å². The summed E-state index contributed by atoms with van der Waals surface area (Å²) in [5.41, 5.74) is 2.44. The number of nitrogens with zero attached hydrogens (tertiary/aromatic N) is 1. The fourth-order valence-corrected chi connectivity index (χ4v) is 16.6. The highest BCUT2D eigenvalue weighted by atomic mass is 33.1. The number of aliphatic hydroxyl groups excluding tert-OH is 3. The minimum atomic E-state index is -0.967. The number of aliphatic hydroxyl groups is 3. The molecular formula is C52H67N3O9S2. The Bertz CT molecular complexity index is 2190. The Morgan fingerprint density at radius 2 is 1.73 bits per heavy atom. The van der Waals surface area contributed by atoms with Crippen LogP contribution in [0.2, 0.25) is 0 Å². The summed E-state index contributed by atoms with van der Waals surface area (Å²) in [4.78, 5) is 57.7. The lowest BCUT2D eigenvalue weighted by Crippen LogP contribution is -2.54. The van der Waals surface area contributed by atoms with E-state index in [-0.39, 0.29) is 78.5 Å². The number of dihydropyridines is 1. The van der Waals surface area contributed by atoms with Crippen LogP contribution in [0.3, 0.4) is 0 Å². The van der Waals surface area contributed by atoms with Gasteiger partial charge in [0, 0.05) is 67.4 Å². The maximum atomic E-state index is 15.1. The van der Waals surface area contributed by atoms with Crippen LogP contribution in [0.15, 0.2) is 81.7 Å². The van der Waals surface area contributed by atoms with Crippen molar-refractivity contribution in [3.05, 3.63) is 81.7 Å². The molecule has 0 unspecified atom stereocenters. The second-order valence-corrected chi connectivity index (χ2v) is 23.4. The van der Waals surface area contributed by atoms with Crippen molar-refractivity contribution < 1.29 is 44.0 Å². The van der Waals surface area contributed by atoms with Gasteiger partial charge in [-0.3, -0.25) is 14.5 Å². The summed E-state index contributed by atoms with van der Waals surface area (Å²) in [6, 6.07) is 0. The summed E-state index contributed by atoms with van der Waals surface area (Å²) in [6.45, 7) is 3.08. The molecule has 8 atom stereocenters. The number of hydrogen-bond donors (Lipinski definition) is 5. The molecule has 3 saturated carbocycles. The molecule has 356 valence electrons. The van der Waals surface area contributed by atoms with E-state index >= 15 is 4.79 Å². The predicted molar refractivity (Wildman–Crippen MR) is 253 cm³/mol. The molecule has 11 aliphatic rings. The number of carbonyl (C=O) groups excluding carboxylic acids is 4. The molecule has 5 heterocycles. The number of ether oxygens (including phenoxy) is 2. The van der Waals surface area contributed by atoms with Gasteiger partial charge < -0.3 is 35.4 Å². The molecule has 1 saturated heterocycles. The number of amides is 2. The molecule has 12 nitrogen and oxygen atoms in total. The lowest BCUT2D eigenvalue weighted by molar-refractivity contribution is -0.138. The van der Waals surface area contributed by atoms with Crippen LogP contribution in [-0.2, 0) is 28.7 Å². The molecule has 14 heteroatoms. The lowest BCUT2D eigenvalue weighted by atomic mass is 9.43. The van der Waals surface area contributed by atoms with E-state index in [9.17, 15) is 29.7 Å². The van der Waals surface area contributed by atoms with Crippen molar-refractivity contribution in [2.45, 2.75) is 122 Å². The van der Waals surface area contributed by atoms with Crippen LogP contribution in [0.1, 0.15) is 116 Å². The van der Waals surface area contributed by atoms with Crippen LogP contribution in [0.25, 0.3) is 0 Å². The van der Waals surface area contributed by atoms with E-state index in [0.717, 1.165) is 106 Å². The van der Waals surface area contributed by atoms with Gasteiger partial charge in [-0.05, 0) is 148 Å². The monoisotopic (exact) mass is 941 g/mol. The van der Waals surface area contributed by atoms with E-state index in [0.29, 0.717) is 66.7 Å². The van der Waals surface area contributed by atoms with E-state index < -0.39 is 22.7 Å². The molecule has 0 aromatic heterocycles. The molecule has 2 amide bonds. The van der Waals surface area contributed by atoms with E-state index in [1.807, 2.05) is 6.08 Å². The Morgan fingerprint density at radius 1 is 0.939 bits per heavy atom. The summed E-state index contributed by atoms with van der Waals surface area (Å²) >= 11 is 0. The van der Waals surface area contributed by atoms with Crippen LogP contribution in [-0.4, -0.2) is 81.6 Å². The Labute approximate surface area is 396 Å². The average molecular weight is 942 g/mol. The molecule has 0 radical (unpaired) electrons. The van der Waals surface area contributed by atoms with E-state index in [2.05, 4.69) is 35.8 Å². The zero-order valence-electron chi connectivity index (χ0n) is 38.3. The summed E-state index contributed by atoms with van der Waals surface area (Å²) in [6.07, 6.45) is 26.3. The first-order chi connectivity index (χ1) is 32.1. The second-order valence-electron chi connectivity index (χ2n) is 20.9. The van der Waals surface area contributed by atoms with Gasteiger partial charge in [0.15, 0.2) is 0 Å². The van der Waals surface area contributed by atoms with E-state index in [1.54, 1.807) is 10.8 Å². The van der Waals surface area contributed by atoms with Crippen molar-refractivity contribution >= 4 is 45.3 Å². The average Bonchev–Trinajstić information content (AvgIpc) is 4.09. The van der Waals surface area contributed by atoms with Crippen LogP contribution in [0.5, 0.6) is 0 Å². The van der Waals surface area contributed by atoms with Crippen molar-refractivity contribution in [1.29, 1.82) is 0 Å². The lowest BCUT2D eigenvalue weighted by Gasteiger charge is -2.57. The van der Waals surface area contributed by atoms with Crippen LogP contribution in [0.4, 0.5) is 0 Å². The van der Waals surface area contributed by atoms with E-state index in [1.165, 1.54) is 27.8 Å². The molecule has 0 aromatic carbocycles. The number of carbonyl (C=O) groups is 4. The van der Waals surface area contributed by atoms with Gasteiger partial charge in [0.25, 0.3) is 11.8 Å². The molecule has 66 heavy (non-hydrogen) atoms. The Balaban J connectivity index is 1.09. The Morgan fingerprint density at radius 3 is 2.47 bits per heavy atom. The van der Waals surface area contributed by atoms with Crippen molar-refractivity contribution in [3.8, 4) is 0 Å². The first-order valence-corrected chi connectivity index (χ1v) is 27.4. The topological polar surface area (TPSA) is 175 Å². The zero-order valence-corrected chi connectivity index (χ0v) is 39.9. The number of imide groups is 1. The largest absolute Gasteiger partial charge is 0.427 e. The fourth-order valence-electron chi connectivity index (χ4n) is 14.5. The van der Waals surface area contributed by atoms with Gasteiger partial charge >= 0.3 is 11.9 Å². The van der Waals surface area contributed by atoms with Gasteiger partial charge in [0.1, 0.15) is 17.0 Å².